The summed E-state index contributed by atoms with van der Waals surface area (Å²) in [7, 11) is 0. The zero-order valence-electron chi connectivity index (χ0n) is 14.2. The van der Waals surface area contributed by atoms with E-state index in [-0.39, 0.29) is 11.3 Å². The van der Waals surface area contributed by atoms with Crippen LogP contribution in [0.15, 0.2) is 24.3 Å². The SMILES string of the molecule is CCCCOc1ccccc1-c1nn(C(C)(C)C)c(C)c1O. The predicted octanol–water partition coefficient (Wildman–Crippen LogP) is 4.50. The Balaban J connectivity index is 2.44. The van der Waals surface area contributed by atoms with E-state index in [4.69, 9.17) is 4.74 Å². The van der Waals surface area contributed by atoms with Crippen molar-refractivity contribution in [3.8, 4) is 22.8 Å². The molecule has 0 spiro atoms. The monoisotopic (exact) mass is 302 g/mol. The van der Waals surface area contributed by atoms with Gasteiger partial charge in [-0.3, -0.25) is 4.68 Å². The van der Waals surface area contributed by atoms with E-state index in [1.165, 1.54) is 0 Å². The van der Waals surface area contributed by atoms with E-state index in [1.54, 1.807) is 0 Å². The minimum Gasteiger partial charge on any atom is -0.504 e. The topological polar surface area (TPSA) is 47.3 Å². The molecule has 0 bridgehead atoms. The Kier molecular flexibility index (Phi) is 4.79. The maximum Gasteiger partial charge on any atom is 0.164 e. The molecule has 0 atom stereocenters. The molecule has 120 valence electrons. The quantitative estimate of drug-likeness (QED) is 0.827. The molecule has 1 N–H and O–H groups in total. The van der Waals surface area contributed by atoms with Gasteiger partial charge in [0.15, 0.2) is 5.75 Å². The van der Waals surface area contributed by atoms with Gasteiger partial charge in [0, 0.05) is 5.56 Å². The average molecular weight is 302 g/mol. The fourth-order valence-electron chi connectivity index (χ4n) is 2.44. The van der Waals surface area contributed by atoms with Gasteiger partial charge in [0.1, 0.15) is 11.4 Å². The summed E-state index contributed by atoms with van der Waals surface area (Å²) in [5, 5.41) is 15.1. The molecule has 0 aliphatic heterocycles. The summed E-state index contributed by atoms with van der Waals surface area (Å²) in [6.45, 7) is 10.9. The number of benzene rings is 1. The van der Waals surface area contributed by atoms with Crippen LogP contribution in [0, 0.1) is 6.92 Å². The first-order valence-corrected chi connectivity index (χ1v) is 7.87. The summed E-state index contributed by atoms with van der Waals surface area (Å²) in [6.07, 6.45) is 2.10. The van der Waals surface area contributed by atoms with Crippen LogP contribution in [-0.2, 0) is 5.54 Å². The number of ether oxygens (including phenoxy) is 1. The maximum atomic E-state index is 10.5. The Morgan fingerprint density at radius 3 is 2.50 bits per heavy atom. The minimum absolute atomic E-state index is 0.183. The molecule has 0 aliphatic rings. The van der Waals surface area contributed by atoms with Crippen molar-refractivity contribution in [1.29, 1.82) is 0 Å². The van der Waals surface area contributed by atoms with Crippen LogP contribution in [0.1, 0.15) is 46.2 Å². The molecule has 2 aromatic rings. The van der Waals surface area contributed by atoms with E-state index >= 15 is 0 Å². The van der Waals surface area contributed by atoms with Gasteiger partial charge in [-0.05, 0) is 46.2 Å². The minimum atomic E-state index is -0.183. The largest absolute Gasteiger partial charge is 0.504 e. The lowest BCUT2D eigenvalue weighted by atomic mass is 10.1. The molecule has 0 amide bonds. The van der Waals surface area contributed by atoms with Gasteiger partial charge in [-0.25, -0.2) is 0 Å². The summed E-state index contributed by atoms with van der Waals surface area (Å²) in [5.41, 5.74) is 2.00. The molecule has 4 heteroatoms. The molecule has 1 heterocycles. The molecular weight excluding hydrogens is 276 g/mol. The Bertz CT molecular complexity index is 639. The van der Waals surface area contributed by atoms with Crippen molar-refractivity contribution in [2.45, 2.75) is 53.0 Å². The second-order valence-electron chi connectivity index (χ2n) is 6.56. The van der Waals surface area contributed by atoms with Crippen molar-refractivity contribution >= 4 is 0 Å². The first-order chi connectivity index (χ1) is 10.4. The zero-order chi connectivity index (χ0) is 16.3. The van der Waals surface area contributed by atoms with Gasteiger partial charge in [0.2, 0.25) is 0 Å². The van der Waals surface area contributed by atoms with Gasteiger partial charge < -0.3 is 9.84 Å². The van der Waals surface area contributed by atoms with Crippen LogP contribution in [0.25, 0.3) is 11.3 Å². The van der Waals surface area contributed by atoms with Gasteiger partial charge >= 0.3 is 0 Å². The first-order valence-electron chi connectivity index (χ1n) is 7.87. The van der Waals surface area contributed by atoms with E-state index in [0.29, 0.717) is 12.3 Å². The maximum absolute atomic E-state index is 10.5. The third-order valence-corrected chi connectivity index (χ3v) is 3.62. The number of aromatic hydroxyl groups is 1. The van der Waals surface area contributed by atoms with Crippen molar-refractivity contribution < 1.29 is 9.84 Å². The summed E-state index contributed by atoms with van der Waals surface area (Å²) in [5.74, 6) is 0.992. The molecule has 0 radical (unpaired) electrons. The van der Waals surface area contributed by atoms with Crippen molar-refractivity contribution in [2.24, 2.45) is 0 Å². The fraction of sp³-hybridized carbons (Fsp3) is 0.500. The van der Waals surface area contributed by atoms with Crippen LogP contribution < -0.4 is 4.74 Å². The average Bonchev–Trinajstić information content (AvgIpc) is 2.76. The molecule has 0 saturated heterocycles. The number of nitrogens with zero attached hydrogens (tertiary/aromatic N) is 2. The van der Waals surface area contributed by atoms with Gasteiger partial charge in [0.05, 0.1) is 17.8 Å². The third kappa shape index (κ3) is 3.26. The molecule has 1 aromatic heterocycles. The molecule has 4 nitrogen and oxygen atoms in total. The highest BCUT2D eigenvalue weighted by Crippen LogP contribution is 2.38. The van der Waals surface area contributed by atoms with Gasteiger partial charge in [-0.1, -0.05) is 25.5 Å². The molecule has 0 unspecified atom stereocenters. The molecular formula is C18H26N2O2. The number of aromatic nitrogens is 2. The van der Waals surface area contributed by atoms with E-state index in [9.17, 15) is 5.11 Å². The summed E-state index contributed by atoms with van der Waals surface area (Å²) < 4.78 is 7.72. The molecule has 0 fully saturated rings. The molecule has 0 saturated carbocycles. The Morgan fingerprint density at radius 2 is 1.91 bits per heavy atom. The number of hydrogen-bond donors (Lipinski definition) is 1. The lowest BCUT2D eigenvalue weighted by molar-refractivity contribution is 0.310. The summed E-state index contributed by atoms with van der Waals surface area (Å²) >= 11 is 0. The number of rotatable bonds is 5. The Hall–Kier alpha value is -1.97. The van der Waals surface area contributed by atoms with Crippen LogP contribution in [0.4, 0.5) is 0 Å². The van der Waals surface area contributed by atoms with Crippen molar-refractivity contribution in [3.05, 3.63) is 30.0 Å². The van der Waals surface area contributed by atoms with Gasteiger partial charge in [-0.15, -0.1) is 0 Å². The smallest absolute Gasteiger partial charge is 0.164 e. The highest BCUT2D eigenvalue weighted by molar-refractivity contribution is 5.73. The van der Waals surface area contributed by atoms with Crippen LogP contribution in [0.3, 0.4) is 0 Å². The van der Waals surface area contributed by atoms with Gasteiger partial charge in [0.25, 0.3) is 0 Å². The van der Waals surface area contributed by atoms with E-state index in [0.717, 1.165) is 29.8 Å². The second kappa shape index (κ2) is 6.42. The van der Waals surface area contributed by atoms with Crippen molar-refractivity contribution in [3.63, 3.8) is 0 Å². The number of hydrogen-bond acceptors (Lipinski definition) is 3. The van der Waals surface area contributed by atoms with Crippen LogP contribution in [0.2, 0.25) is 0 Å². The predicted molar refractivity (Wildman–Crippen MR) is 89.5 cm³/mol. The fourth-order valence-corrected chi connectivity index (χ4v) is 2.44. The van der Waals surface area contributed by atoms with Crippen LogP contribution in [0.5, 0.6) is 11.5 Å². The third-order valence-electron chi connectivity index (χ3n) is 3.62. The lowest BCUT2D eigenvalue weighted by Gasteiger charge is -2.20. The summed E-state index contributed by atoms with van der Waals surface area (Å²) in [4.78, 5) is 0. The highest BCUT2D eigenvalue weighted by atomic mass is 16.5. The van der Waals surface area contributed by atoms with Crippen molar-refractivity contribution in [1.82, 2.24) is 9.78 Å². The van der Waals surface area contributed by atoms with Gasteiger partial charge in [-0.2, -0.15) is 5.10 Å². The Morgan fingerprint density at radius 1 is 1.23 bits per heavy atom. The number of unbranched alkanes of at least 4 members (excludes halogenated alkanes) is 1. The highest BCUT2D eigenvalue weighted by Gasteiger charge is 2.24. The van der Waals surface area contributed by atoms with Crippen LogP contribution in [-0.4, -0.2) is 21.5 Å². The standard InChI is InChI=1S/C18H26N2O2/c1-6-7-12-22-15-11-9-8-10-14(15)16-17(21)13(2)20(19-16)18(3,4)5/h8-11,21H,6-7,12H2,1-5H3. The molecule has 2 rings (SSSR count). The van der Waals surface area contributed by atoms with Crippen molar-refractivity contribution in [2.75, 3.05) is 6.61 Å². The van der Waals surface area contributed by atoms with E-state index in [1.807, 2.05) is 35.9 Å². The summed E-state index contributed by atoms with van der Waals surface area (Å²) in [6, 6.07) is 7.74. The Labute approximate surface area is 132 Å². The lowest BCUT2D eigenvalue weighted by Crippen LogP contribution is -2.24. The van der Waals surface area contributed by atoms with E-state index in [2.05, 4.69) is 32.8 Å². The molecule has 0 aliphatic carbocycles. The van der Waals surface area contributed by atoms with E-state index < -0.39 is 0 Å². The molecule has 1 aromatic carbocycles. The van der Waals surface area contributed by atoms with Crippen LogP contribution >= 0.6 is 0 Å². The second-order valence-corrected chi connectivity index (χ2v) is 6.56. The zero-order valence-corrected chi connectivity index (χ0v) is 14.2. The number of para-hydroxylation sites is 1. The molecule has 22 heavy (non-hydrogen) atoms. The normalized spacial score (nSPS) is 11.7. The first kappa shape index (κ1) is 16.4.